The number of hydrogen-bond donors (Lipinski definition) is 2. The molecule has 0 unspecified atom stereocenters. The number of hydrogen-bond acceptors (Lipinski definition) is 4. The van der Waals surface area contributed by atoms with Crippen molar-refractivity contribution < 1.29 is 5.11 Å². The van der Waals surface area contributed by atoms with Gasteiger partial charge in [0, 0.05) is 12.7 Å². The van der Waals surface area contributed by atoms with E-state index in [0.29, 0.717) is 17.0 Å². The van der Waals surface area contributed by atoms with E-state index in [0.717, 1.165) is 32.2 Å². The molecule has 20 heavy (non-hydrogen) atoms. The van der Waals surface area contributed by atoms with E-state index in [1.54, 1.807) is 17.1 Å². The largest absolute Gasteiger partial charge is 0.493 e. The summed E-state index contributed by atoms with van der Waals surface area (Å²) in [5.74, 6) is 0.368. The molecule has 106 valence electrons. The molecule has 0 aliphatic heterocycles. The van der Waals surface area contributed by atoms with Gasteiger partial charge in [-0.1, -0.05) is 12.8 Å². The van der Waals surface area contributed by atoms with Gasteiger partial charge >= 0.3 is 0 Å². The van der Waals surface area contributed by atoms with Gasteiger partial charge in [-0.05, 0) is 25.7 Å². The summed E-state index contributed by atoms with van der Waals surface area (Å²) < 4.78 is 1.75. The van der Waals surface area contributed by atoms with Crippen molar-refractivity contribution in [1.82, 2.24) is 19.7 Å². The second-order valence-electron chi connectivity index (χ2n) is 5.22. The van der Waals surface area contributed by atoms with Crippen molar-refractivity contribution in [3.63, 3.8) is 0 Å². The van der Waals surface area contributed by atoms with Crippen LogP contribution in [0.5, 0.6) is 5.88 Å². The molecule has 0 spiro atoms. The first-order valence-corrected chi connectivity index (χ1v) is 7.05. The van der Waals surface area contributed by atoms with Crippen LogP contribution in [0.1, 0.15) is 44.1 Å². The normalized spacial score (nSPS) is 15.8. The monoisotopic (exact) mass is 274 g/mol. The summed E-state index contributed by atoms with van der Waals surface area (Å²) in [5, 5.41) is 14.2. The standard InChI is InChI=1S/C14H18N4O2/c1-2-18-8-10(7-15-18)12-16-13(19)11(14(20)17-12)9-5-3-4-6-9/h7-9H,2-6H2,1H3,(H2,16,17,19,20). The van der Waals surface area contributed by atoms with Crippen LogP contribution in [0.2, 0.25) is 0 Å². The lowest BCUT2D eigenvalue weighted by molar-refractivity contribution is 0.436. The van der Waals surface area contributed by atoms with Gasteiger partial charge in [-0.15, -0.1) is 0 Å². The van der Waals surface area contributed by atoms with E-state index < -0.39 is 0 Å². The van der Waals surface area contributed by atoms with E-state index in [4.69, 9.17) is 0 Å². The molecule has 1 aliphatic rings. The fourth-order valence-electron chi connectivity index (χ4n) is 2.85. The molecule has 0 atom stereocenters. The molecule has 2 aromatic heterocycles. The van der Waals surface area contributed by atoms with Crippen LogP contribution in [-0.2, 0) is 6.54 Å². The minimum absolute atomic E-state index is 0.138. The van der Waals surface area contributed by atoms with Crippen molar-refractivity contribution in [3.05, 3.63) is 28.3 Å². The Morgan fingerprint density at radius 3 is 2.80 bits per heavy atom. The zero-order valence-electron chi connectivity index (χ0n) is 11.5. The number of nitrogens with one attached hydrogen (secondary N) is 1. The molecule has 0 aromatic carbocycles. The average Bonchev–Trinajstić information content (AvgIpc) is 3.09. The van der Waals surface area contributed by atoms with Crippen LogP contribution < -0.4 is 5.56 Å². The van der Waals surface area contributed by atoms with Gasteiger partial charge in [0.15, 0.2) is 0 Å². The van der Waals surface area contributed by atoms with Crippen molar-refractivity contribution in [2.45, 2.75) is 45.1 Å². The molecule has 1 fully saturated rings. The molecule has 0 saturated heterocycles. The lowest BCUT2D eigenvalue weighted by atomic mass is 10.00. The molecule has 2 aromatic rings. The van der Waals surface area contributed by atoms with Gasteiger partial charge in [0.05, 0.1) is 17.3 Å². The summed E-state index contributed by atoms with van der Waals surface area (Å²) in [6.45, 7) is 2.73. The Morgan fingerprint density at radius 2 is 2.20 bits per heavy atom. The first-order chi connectivity index (χ1) is 9.69. The molecule has 1 aliphatic carbocycles. The van der Waals surface area contributed by atoms with E-state index >= 15 is 0 Å². The lowest BCUT2D eigenvalue weighted by Gasteiger charge is -2.10. The number of rotatable bonds is 3. The van der Waals surface area contributed by atoms with Gasteiger partial charge in [-0.25, -0.2) is 0 Å². The molecule has 0 bridgehead atoms. The van der Waals surface area contributed by atoms with E-state index in [1.165, 1.54) is 0 Å². The van der Waals surface area contributed by atoms with Crippen LogP contribution in [0.25, 0.3) is 11.4 Å². The van der Waals surface area contributed by atoms with Gasteiger partial charge in [-0.3, -0.25) is 9.48 Å². The highest BCUT2D eigenvalue weighted by atomic mass is 16.3. The Bertz CT molecular complexity index is 668. The van der Waals surface area contributed by atoms with Gasteiger partial charge in [-0.2, -0.15) is 10.1 Å². The molecule has 2 N–H and O–H groups in total. The molecule has 1 saturated carbocycles. The van der Waals surface area contributed by atoms with Gasteiger partial charge < -0.3 is 10.1 Å². The summed E-state index contributed by atoms with van der Waals surface area (Å²) in [7, 11) is 0. The Balaban J connectivity index is 2.00. The van der Waals surface area contributed by atoms with Crippen LogP contribution in [-0.4, -0.2) is 24.9 Å². The van der Waals surface area contributed by atoms with Crippen molar-refractivity contribution in [3.8, 4) is 17.3 Å². The first kappa shape index (κ1) is 12.9. The van der Waals surface area contributed by atoms with Gasteiger partial charge in [0.25, 0.3) is 5.56 Å². The molecular weight excluding hydrogens is 256 g/mol. The Morgan fingerprint density at radius 1 is 1.45 bits per heavy atom. The van der Waals surface area contributed by atoms with E-state index in [1.807, 2.05) is 6.92 Å². The van der Waals surface area contributed by atoms with Crippen LogP contribution in [0.15, 0.2) is 17.2 Å². The molecule has 6 heteroatoms. The third-order valence-electron chi connectivity index (χ3n) is 3.93. The quantitative estimate of drug-likeness (QED) is 0.896. The number of aromatic hydroxyl groups is 1. The summed E-state index contributed by atoms with van der Waals surface area (Å²) in [5.41, 5.74) is 0.912. The van der Waals surface area contributed by atoms with Crippen LogP contribution >= 0.6 is 0 Å². The molecule has 0 radical (unpaired) electrons. The van der Waals surface area contributed by atoms with Gasteiger partial charge in [0.2, 0.25) is 5.88 Å². The van der Waals surface area contributed by atoms with Crippen LogP contribution in [0.4, 0.5) is 0 Å². The minimum atomic E-state index is -0.233. The number of H-pyrrole nitrogens is 1. The average molecular weight is 274 g/mol. The first-order valence-electron chi connectivity index (χ1n) is 7.05. The van der Waals surface area contributed by atoms with Crippen molar-refractivity contribution in [2.24, 2.45) is 0 Å². The Hall–Kier alpha value is -2.11. The Labute approximate surface area is 116 Å². The highest BCUT2D eigenvalue weighted by Crippen LogP contribution is 2.35. The number of aryl methyl sites for hydroxylation is 1. The second-order valence-corrected chi connectivity index (χ2v) is 5.22. The Kier molecular flexibility index (Phi) is 3.30. The zero-order valence-corrected chi connectivity index (χ0v) is 11.5. The SMILES string of the molecule is CCn1cc(-c2nc(O)c(C3CCCC3)c(=O)[nH]2)cn1. The summed E-state index contributed by atoms with van der Waals surface area (Å²) >= 11 is 0. The summed E-state index contributed by atoms with van der Waals surface area (Å²) in [6.07, 6.45) is 7.55. The van der Waals surface area contributed by atoms with E-state index in [-0.39, 0.29) is 17.4 Å². The molecule has 2 heterocycles. The molecular formula is C14H18N4O2. The lowest BCUT2D eigenvalue weighted by Crippen LogP contribution is -2.17. The number of aromatic amines is 1. The number of aromatic nitrogens is 4. The third-order valence-corrected chi connectivity index (χ3v) is 3.93. The van der Waals surface area contributed by atoms with E-state index in [9.17, 15) is 9.90 Å². The smallest absolute Gasteiger partial charge is 0.258 e. The third kappa shape index (κ3) is 2.21. The predicted octanol–water partition coefficient (Wildman–Crippen LogP) is 2.02. The maximum atomic E-state index is 12.2. The summed E-state index contributed by atoms with van der Waals surface area (Å²) in [4.78, 5) is 19.1. The fraction of sp³-hybridized carbons (Fsp3) is 0.500. The number of nitrogens with zero attached hydrogens (tertiary/aromatic N) is 3. The molecule has 3 rings (SSSR count). The summed E-state index contributed by atoms with van der Waals surface area (Å²) in [6, 6.07) is 0. The molecule has 6 nitrogen and oxygen atoms in total. The second kappa shape index (κ2) is 5.11. The van der Waals surface area contributed by atoms with Crippen molar-refractivity contribution in [2.75, 3.05) is 0 Å². The highest BCUT2D eigenvalue weighted by Gasteiger charge is 2.24. The maximum Gasteiger partial charge on any atom is 0.258 e. The van der Waals surface area contributed by atoms with Crippen molar-refractivity contribution in [1.29, 1.82) is 0 Å². The molecule has 0 amide bonds. The topological polar surface area (TPSA) is 83.8 Å². The maximum absolute atomic E-state index is 12.2. The minimum Gasteiger partial charge on any atom is -0.493 e. The highest BCUT2D eigenvalue weighted by molar-refractivity contribution is 5.53. The van der Waals surface area contributed by atoms with Crippen LogP contribution in [0, 0.1) is 0 Å². The van der Waals surface area contributed by atoms with Crippen LogP contribution in [0.3, 0.4) is 0 Å². The zero-order chi connectivity index (χ0) is 14.1. The fourth-order valence-corrected chi connectivity index (χ4v) is 2.85. The van der Waals surface area contributed by atoms with Gasteiger partial charge in [0.1, 0.15) is 5.82 Å². The predicted molar refractivity (Wildman–Crippen MR) is 74.6 cm³/mol. The van der Waals surface area contributed by atoms with E-state index in [2.05, 4.69) is 15.1 Å². The van der Waals surface area contributed by atoms with Crippen molar-refractivity contribution >= 4 is 0 Å².